The van der Waals surface area contributed by atoms with Gasteiger partial charge in [-0.15, -0.1) is 0 Å². The summed E-state index contributed by atoms with van der Waals surface area (Å²) in [6.07, 6.45) is 0. The molecule has 0 spiro atoms. The third-order valence-electron chi connectivity index (χ3n) is 3.46. The van der Waals surface area contributed by atoms with Crippen LogP contribution in [0.1, 0.15) is 0 Å². The van der Waals surface area contributed by atoms with Crippen LogP contribution in [0.2, 0.25) is 0 Å². The molecule has 7 heteroatoms. The molecule has 0 saturated carbocycles. The minimum absolute atomic E-state index is 0.337. The Kier molecular flexibility index (Phi) is 5.57. The molecular weight excluding hydrogens is 342 g/mol. The minimum Gasteiger partial charge on any atom is -0.314 e. The first-order valence-corrected chi connectivity index (χ1v) is 8.88. The summed E-state index contributed by atoms with van der Waals surface area (Å²) in [5.41, 5.74) is 0. The van der Waals surface area contributed by atoms with Crippen molar-refractivity contribution in [2.45, 2.75) is 4.90 Å². The smallest absolute Gasteiger partial charge is 0.242 e. The number of likely N-dealkylation sites (N-methyl/N-ethyl adjacent to an activating group) is 1. The average molecular weight is 362 g/mol. The van der Waals surface area contributed by atoms with Crippen LogP contribution < -0.4 is 5.32 Å². The van der Waals surface area contributed by atoms with E-state index in [9.17, 15) is 8.42 Å². The number of hydrogen-bond donors (Lipinski definition) is 1. The minimum atomic E-state index is -3.39. The van der Waals surface area contributed by atoms with E-state index < -0.39 is 10.0 Å². The fourth-order valence-corrected chi connectivity index (χ4v) is 3.55. The lowest BCUT2D eigenvalue weighted by molar-refractivity contribution is 0.229. The Morgan fingerprint density at radius 3 is 2.45 bits per heavy atom. The molecule has 1 aromatic carbocycles. The van der Waals surface area contributed by atoms with Gasteiger partial charge in [0.15, 0.2) is 0 Å². The Hall–Kier alpha value is -0.470. The van der Waals surface area contributed by atoms with Crippen molar-refractivity contribution in [3.8, 4) is 0 Å². The largest absolute Gasteiger partial charge is 0.314 e. The molecule has 112 valence electrons. The van der Waals surface area contributed by atoms with Crippen molar-refractivity contribution in [2.75, 3.05) is 46.3 Å². The zero-order chi connectivity index (χ0) is 14.6. The zero-order valence-electron chi connectivity index (χ0n) is 11.5. The lowest BCUT2D eigenvalue weighted by Gasteiger charge is -2.28. The maximum absolute atomic E-state index is 12.4. The summed E-state index contributed by atoms with van der Waals surface area (Å²) >= 11 is 3.31. The molecule has 1 aromatic rings. The predicted molar refractivity (Wildman–Crippen MR) is 83.3 cm³/mol. The summed E-state index contributed by atoms with van der Waals surface area (Å²) in [4.78, 5) is 2.62. The molecule has 1 aliphatic heterocycles. The van der Waals surface area contributed by atoms with Gasteiger partial charge in [0.2, 0.25) is 10.0 Å². The predicted octanol–water partition coefficient (Wildman–Crippen LogP) is 0.975. The Bertz CT molecular complexity index is 527. The fraction of sp³-hybridized carbons (Fsp3) is 0.538. The molecule has 0 atom stereocenters. The lowest BCUT2D eigenvalue weighted by atomic mass is 10.3. The number of piperazine rings is 1. The molecule has 1 N–H and O–H groups in total. The van der Waals surface area contributed by atoms with Gasteiger partial charge in [0, 0.05) is 50.8 Å². The van der Waals surface area contributed by atoms with Gasteiger partial charge < -0.3 is 5.32 Å². The van der Waals surface area contributed by atoms with Crippen molar-refractivity contribution in [1.29, 1.82) is 0 Å². The maximum Gasteiger partial charge on any atom is 0.242 e. The quantitative estimate of drug-likeness (QED) is 0.849. The van der Waals surface area contributed by atoms with Gasteiger partial charge >= 0.3 is 0 Å². The Morgan fingerprint density at radius 2 is 1.85 bits per heavy atom. The van der Waals surface area contributed by atoms with Crippen LogP contribution in [0.3, 0.4) is 0 Å². The molecule has 0 radical (unpaired) electrons. The van der Waals surface area contributed by atoms with Gasteiger partial charge in [-0.25, -0.2) is 8.42 Å². The molecular formula is C13H20BrN3O2S. The van der Waals surface area contributed by atoms with Crippen LogP contribution in [0.15, 0.2) is 33.6 Å². The molecule has 5 nitrogen and oxygen atoms in total. The summed E-state index contributed by atoms with van der Waals surface area (Å²) in [6, 6.07) is 6.75. The second-order valence-corrected chi connectivity index (χ2v) is 7.83. The monoisotopic (exact) mass is 361 g/mol. The van der Waals surface area contributed by atoms with E-state index in [2.05, 4.69) is 26.1 Å². The lowest BCUT2D eigenvalue weighted by Crippen LogP contribution is -2.46. The van der Waals surface area contributed by atoms with Crippen molar-refractivity contribution in [2.24, 2.45) is 0 Å². The Morgan fingerprint density at radius 1 is 1.25 bits per heavy atom. The number of halogens is 1. The first-order valence-electron chi connectivity index (χ1n) is 6.65. The molecule has 1 fully saturated rings. The van der Waals surface area contributed by atoms with Crippen molar-refractivity contribution >= 4 is 26.0 Å². The molecule has 2 rings (SSSR count). The van der Waals surface area contributed by atoms with E-state index in [4.69, 9.17) is 0 Å². The number of sulfonamides is 1. The summed E-state index contributed by atoms with van der Waals surface area (Å²) in [5, 5.41) is 3.29. The van der Waals surface area contributed by atoms with Crippen molar-refractivity contribution in [1.82, 2.24) is 14.5 Å². The molecule has 1 heterocycles. The highest BCUT2D eigenvalue weighted by Crippen LogP contribution is 2.17. The average Bonchev–Trinajstić information content (AvgIpc) is 2.46. The summed E-state index contributed by atoms with van der Waals surface area (Å²) in [7, 11) is -1.75. The highest BCUT2D eigenvalue weighted by atomic mass is 79.9. The van der Waals surface area contributed by atoms with Crippen LogP contribution in [0.25, 0.3) is 0 Å². The van der Waals surface area contributed by atoms with Crippen LogP contribution in [0.5, 0.6) is 0 Å². The van der Waals surface area contributed by atoms with Gasteiger partial charge in [-0.2, -0.15) is 4.31 Å². The third-order valence-corrected chi connectivity index (χ3v) is 5.86. The summed E-state index contributed by atoms with van der Waals surface area (Å²) < 4.78 is 27.1. The summed E-state index contributed by atoms with van der Waals surface area (Å²) in [5.74, 6) is 0. The second kappa shape index (κ2) is 7.00. The fourth-order valence-electron chi connectivity index (χ4n) is 2.12. The maximum atomic E-state index is 12.4. The van der Waals surface area contributed by atoms with Crippen LogP contribution in [-0.4, -0.2) is 63.9 Å². The number of nitrogens with zero attached hydrogens (tertiary/aromatic N) is 2. The van der Waals surface area contributed by atoms with E-state index in [1.54, 1.807) is 31.3 Å². The van der Waals surface area contributed by atoms with Gasteiger partial charge in [-0.1, -0.05) is 15.9 Å². The molecule has 0 aromatic heterocycles. The number of rotatable bonds is 5. The van der Waals surface area contributed by atoms with E-state index in [1.807, 2.05) is 0 Å². The van der Waals surface area contributed by atoms with Gasteiger partial charge in [-0.3, -0.25) is 4.90 Å². The van der Waals surface area contributed by atoms with Crippen LogP contribution in [-0.2, 0) is 10.0 Å². The molecule has 1 aliphatic rings. The highest BCUT2D eigenvalue weighted by molar-refractivity contribution is 9.10. The second-order valence-electron chi connectivity index (χ2n) is 4.87. The molecule has 1 saturated heterocycles. The summed E-state index contributed by atoms with van der Waals surface area (Å²) in [6.45, 7) is 5.19. The van der Waals surface area contributed by atoms with E-state index in [-0.39, 0.29) is 0 Å². The molecule has 0 bridgehead atoms. The Balaban J connectivity index is 1.96. The molecule has 20 heavy (non-hydrogen) atoms. The molecule has 0 aliphatic carbocycles. The zero-order valence-corrected chi connectivity index (χ0v) is 14.0. The number of benzene rings is 1. The van der Waals surface area contributed by atoms with E-state index in [0.717, 1.165) is 37.2 Å². The first kappa shape index (κ1) is 15.9. The standard InChI is InChI=1S/C13H20BrN3O2S/c1-16(10-11-17-8-6-15-7-9-17)20(18,19)13-4-2-12(14)3-5-13/h2-5,15H,6-11H2,1H3. The van der Waals surface area contributed by atoms with Crippen molar-refractivity contribution in [3.05, 3.63) is 28.7 Å². The highest BCUT2D eigenvalue weighted by Gasteiger charge is 2.21. The van der Waals surface area contributed by atoms with Crippen LogP contribution >= 0.6 is 15.9 Å². The van der Waals surface area contributed by atoms with Crippen molar-refractivity contribution < 1.29 is 8.42 Å². The van der Waals surface area contributed by atoms with Crippen LogP contribution in [0, 0.1) is 0 Å². The van der Waals surface area contributed by atoms with Gasteiger partial charge in [0.25, 0.3) is 0 Å². The van der Waals surface area contributed by atoms with Gasteiger partial charge in [0.1, 0.15) is 0 Å². The van der Waals surface area contributed by atoms with E-state index >= 15 is 0 Å². The number of nitrogens with one attached hydrogen (secondary N) is 1. The molecule has 0 unspecified atom stereocenters. The number of hydrogen-bond acceptors (Lipinski definition) is 4. The molecule has 0 amide bonds. The normalized spacial score (nSPS) is 17.6. The van der Waals surface area contributed by atoms with E-state index in [1.165, 1.54) is 4.31 Å². The SMILES string of the molecule is CN(CCN1CCNCC1)S(=O)(=O)c1ccc(Br)cc1. The van der Waals surface area contributed by atoms with Gasteiger partial charge in [0.05, 0.1) is 4.90 Å². The van der Waals surface area contributed by atoms with Gasteiger partial charge in [-0.05, 0) is 24.3 Å². The topological polar surface area (TPSA) is 52.6 Å². The van der Waals surface area contributed by atoms with E-state index in [0.29, 0.717) is 11.4 Å². The first-order chi connectivity index (χ1) is 9.50. The Labute approximate surface area is 129 Å². The third kappa shape index (κ3) is 4.02. The van der Waals surface area contributed by atoms with Crippen molar-refractivity contribution in [3.63, 3.8) is 0 Å². The van der Waals surface area contributed by atoms with Crippen LogP contribution in [0.4, 0.5) is 0 Å².